The van der Waals surface area contributed by atoms with E-state index < -0.39 is 18.3 Å². The second-order valence-electron chi connectivity index (χ2n) is 3.84. The number of nitro groups is 1. The minimum absolute atomic E-state index is 0.164. The van der Waals surface area contributed by atoms with Crippen LogP contribution in [0.2, 0.25) is 0 Å². The molecule has 106 valence electrons. The topological polar surface area (TPSA) is 143 Å². The normalized spacial score (nSPS) is 12.9. The summed E-state index contributed by atoms with van der Waals surface area (Å²) in [6.45, 7) is 0. The van der Waals surface area contributed by atoms with E-state index in [4.69, 9.17) is 0 Å². The Labute approximate surface area is 112 Å². The van der Waals surface area contributed by atoms with E-state index in [1.54, 1.807) is 0 Å². The van der Waals surface area contributed by atoms with Crippen molar-refractivity contribution in [1.82, 2.24) is 14.9 Å². The maximum absolute atomic E-state index is 11.5. The van der Waals surface area contributed by atoms with Crippen molar-refractivity contribution in [1.29, 1.82) is 0 Å². The van der Waals surface area contributed by atoms with Gasteiger partial charge in [-0.3, -0.25) is 14.7 Å². The van der Waals surface area contributed by atoms with E-state index in [1.807, 2.05) is 0 Å². The van der Waals surface area contributed by atoms with Crippen molar-refractivity contribution in [2.75, 3.05) is 5.43 Å². The lowest BCUT2D eigenvalue weighted by atomic mass is 10.2. The highest BCUT2D eigenvalue weighted by atomic mass is 31.2. The molecule has 0 aliphatic rings. The van der Waals surface area contributed by atoms with Crippen molar-refractivity contribution in [3.8, 4) is 0 Å². The average Bonchev–Trinajstić information content (AvgIpc) is 2.87. The van der Waals surface area contributed by atoms with Gasteiger partial charge in [0.2, 0.25) is 0 Å². The zero-order chi connectivity index (χ0) is 14.8. The number of nitrogens with zero attached hydrogens (tertiary/aromatic N) is 4. The Morgan fingerprint density at radius 3 is 2.25 bits per heavy atom. The van der Waals surface area contributed by atoms with E-state index >= 15 is 0 Å². The molecule has 0 amide bonds. The number of nitrogens with one attached hydrogen (secondary N) is 1. The predicted octanol–water partition coefficient (Wildman–Crippen LogP) is 0.606. The van der Waals surface area contributed by atoms with Crippen LogP contribution in [-0.2, 0) is 4.57 Å². The van der Waals surface area contributed by atoms with Gasteiger partial charge in [0.15, 0.2) is 5.78 Å². The number of hydrogen-bond acceptors (Lipinski definition) is 6. The Morgan fingerprint density at radius 1 is 1.25 bits per heavy atom. The molecule has 20 heavy (non-hydrogen) atoms. The minimum Gasteiger partial charge on any atom is -0.323 e. The van der Waals surface area contributed by atoms with Crippen LogP contribution in [0.5, 0.6) is 0 Å². The Morgan fingerprint density at radius 2 is 1.80 bits per heavy atom. The SMILES string of the molecule is O=[N+]([O-])c1ccc([C@H](Nn2cnnc2)P(=O)(O)O)cc1. The van der Waals surface area contributed by atoms with Crippen LogP contribution >= 0.6 is 7.60 Å². The Kier molecular flexibility index (Phi) is 3.79. The molecule has 0 unspecified atom stereocenters. The highest BCUT2D eigenvalue weighted by Crippen LogP contribution is 2.50. The molecule has 0 radical (unpaired) electrons. The maximum atomic E-state index is 11.5. The van der Waals surface area contributed by atoms with Crippen LogP contribution in [0, 0.1) is 10.1 Å². The zero-order valence-electron chi connectivity index (χ0n) is 9.90. The fourth-order valence-electron chi connectivity index (χ4n) is 1.53. The van der Waals surface area contributed by atoms with Crippen molar-refractivity contribution in [2.24, 2.45) is 0 Å². The molecule has 3 N–H and O–H groups in total. The zero-order valence-corrected chi connectivity index (χ0v) is 10.8. The molecule has 1 aromatic heterocycles. The summed E-state index contributed by atoms with van der Waals surface area (Å²) < 4.78 is 12.7. The largest absolute Gasteiger partial charge is 0.353 e. The molecule has 0 aliphatic heterocycles. The van der Waals surface area contributed by atoms with Crippen LogP contribution in [0.1, 0.15) is 11.3 Å². The first-order valence-corrected chi connectivity index (χ1v) is 6.97. The Balaban J connectivity index is 2.31. The standard InChI is InChI=1S/C9H10N5O5P/c15-14(16)8-3-1-7(2-4-8)9(20(17,18)19)12-13-5-10-11-6-13/h1-6,9,12H,(H2,17,18,19)/t9-/m1/s1. The summed E-state index contributed by atoms with van der Waals surface area (Å²) in [5.41, 5.74) is 2.56. The lowest BCUT2D eigenvalue weighted by Gasteiger charge is -2.21. The van der Waals surface area contributed by atoms with Gasteiger partial charge in [0.05, 0.1) is 4.92 Å². The first-order chi connectivity index (χ1) is 9.38. The Hall–Kier alpha value is -2.29. The number of benzene rings is 1. The van der Waals surface area contributed by atoms with Gasteiger partial charge in [0.1, 0.15) is 12.7 Å². The average molecular weight is 299 g/mol. The van der Waals surface area contributed by atoms with Gasteiger partial charge in [-0.2, -0.15) is 0 Å². The third-order valence-corrected chi connectivity index (χ3v) is 3.53. The minimum atomic E-state index is -4.54. The van der Waals surface area contributed by atoms with Crippen LogP contribution in [0.15, 0.2) is 36.9 Å². The van der Waals surface area contributed by atoms with E-state index in [0.717, 1.165) is 0 Å². The van der Waals surface area contributed by atoms with Crippen LogP contribution in [-0.4, -0.2) is 29.6 Å². The molecule has 1 atom stereocenters. The van der Waals surface area contributed by atoms with E-state index in [1.165, 1.54) is 41.6 Å². The highest BCUT2D eigenvalue weighted by molar-refractivity contribution is 7.52. The second-order valence-corrected chi connectivity index (χ2v) is 5.53. The van der Waals surface area contributed by atoms with Gasteiger partial charge in [-0.1, -0.05) is 0 Å². The molecule has 1 aromatic carbocycles. The first-order valence-electron chi connectivity index (χ1n) is 5.28. The predicted molar refractivity (Wildman–Crippen MR) is 67.3 cm³/mol. The summed E-state index contributed by atoms with van der Waals surface area (Å²) in [7, 11) is -4.54. The molecule has 2 rings (SSSR count). The molecule has 1 heterocycles. The van der Waals surface area contributed by atoms with Crippen molar-refractivity contribution in [3.05, 3.63) is 52.6 Å². The molecule has 0 saturated heterocycles. The third-order valence-electron chi connectivity index (χ3n) is 2.45. The van der Waals surface area contributed by atoms with Gasteiger partial charge in [-0.15, -0.1) is 10.2 Å². The lowest BCUT2D eigenvalue weighted by Crippen LogP contribution is -2.20. The van der Waals surface area contributed by atoms with Crippen molar-refractivity contribution >= 4 is 13.3 Å². The summed E-state index contributed by atoms with van der Waals surface area (Å²) >= 11 is 0. The van der Waals surface area contributed by atoms with E-state index in [2.05, 4.69) is 15.6 Å². The lowest BCUT2D eigenvalue weighted by molar-refractivity contribution is -0.384. The molecule has 2 aromatic rings. The quantitative estimate of drug-likeness (QED) is 0.414. The van der Waals surface area contributed by atoms with E-state index in [0.29, 0.717) is 0 Å². The summed E-state index contributed by atoms with van der Waals surface area (Å²) in [6, 6.07) is 4.90. The van der Waals surface area contributed by atoms with Crippen molar-refractivity contribution in [3.63, 3.8) is 0 Å². The number of rotatable bonds is 5. The van der Waals surface area contributed by atoms with E-state index in [9.17, 15) is 24.5 Å². The van der Waals surface area contributed by atoms with Gasteiger partial charge in [0, 0.05) is 12.1 Å². The highest BCUT2D eigenvalue weighted by Gasteiger charge is 2.31. The Bertz CT molecular complexity index is 637. The van der Waals surface area contributed by atoms with Crippen LogP contribution < -0.4 is 5.43 Å². The molecule has 0 spiro atoms. The smallest absolute Gasteiger partial charge is 0.323 e. The van der Waals surface area contributed by atoms with Gasteiger partial charge < -0.3 is 15.2 Å². The maximum Gasteiger partial charge on any atom is 0.353 e. The van der Waals surface area contributed by atoms with Gasteiger partial charge >= 0.3 is 7.60 Å². The molecule has 0 bridgehead atoms. The van der Waals surface area contributed by atoms with Crippen LogP contribution in [0.4, 0.5) is 5.69 Å². The number of aromatic nitrogens is 3. The van der Waals surface area contributed by atoms with Crippen LogP contribution in [0.3, 0.4) is 0 Å². The molecular formula is C9H10N5O5P. The van der Waals surface area contributed by atoms with Crippen LogP contribution in [0.25, 0.3) is 0 Å². The van der Waals surface area contributed by atoms with Gasteiger partial charge in [0.25, 0.3) is 5.69 Å². The number of non-ortho nitro benzene ring substituents is 1. The summed E-state index contributed by atoms with van der Waals surface area (Å²) in [5, 5.41) is 17.5. The number of nitro benzene ring substituents is 1. The third kappa shape index (κ3) is 3.18. The number of hydrogen-bond donors (Lipinski definition) is 3. The summed E-state index contributed by atoms with van der Waals surface area (Å²) in [6.07, 6.45) is 2.46. The first kappa shape index (κ1) is 14.1. The molecule has 0 fully saturated rings. The summed E-state index contributed by atoms with van der Waals surface area (Å²) in [4.78, 5) is 28.7. The van der Waals surface area contributed by atoms with Gasteiger partial charge in [-0.05, 0) is 17.7 Å². The van der Waals surface area contributed by atoms with E-state index in [-0.39, 0.29) is 11.3 Å². The molecule has 0 aliphatic carbocycles. The molecule has 11 heteroatoms. The van der Waals surface area contributed by atoms with Gasteiger partial charge in [-0.25, -0.2) is 4.68 Å². The summed E-state index contributed by atoms with van der Waals surface area (Å²) in [5.74, 6) is -1.36. The molecule has 10 nitrogen and oxygen atoms in total. The monoisotopic (exact) mass is 299 g/mol. The molecular weight excluding hydrogens is 289 g/mol. The van der Waals surface area contributed by atoms with Crippen molar-refractivity contribution < 1.29 is 19.3 Å². The fourth-order valence-corrected chi connectivity index (χ4v) is 2.38. The van der Waals surface area contributed by atoms with Crippen molar-refractivity contribution in [2.45, 2.75) is 5.78 Å². The molecule has 0 saturated carbocycles. The fraction of sp³-hybridized carbons (Fsp3) is 0.111. The second kappa shape index (κ2) is 5.37.